The second-order valence-electron chi connectivity index (χ2n) is 5.02. The van der Waals surface area contributed by atoms with Crippen molar-refractivity contribution in [1.82, 2.24) is 9.88 Å². The molecule has 1 saturated heterocycles. The highest BCUT2D eigenvalue weighted by molar-refractivity contribution is 5.13. The number of nitrogens with zero attached hydrogens (tertiary/aromatic N) is 2. The van der Waals surface area contributed by atoms with Crippen LogP contribution in [0, 0.1) is 0 Å². The van der Waals surface area contributed by atoms with E-state index in [-0.39, 0.29) is 0 Å². The second-order valence-corrected chi connectivity index (χ2v) is 5.02. The van der Waals surface area contributed by atoms with Crippen molar-refractivity contribution in [2.24, 2.45) is 0 Å². The van der Waals surface area contributed by atoms with Crippen LogP contribution in [0.2, 0.25) is 0 Å². The van der Waals surface area contributed by atoms with Gasteiger partial charge in [0.05, 0.1) is 18.4 Å². The molecular formula is C15H24N2O2. The van der Waals surface area contributed by atoms with Crippen LogP contribution < -0.4 is 0 Å². The molecule has 4 nitrogen and oxygen atoms in total. The Labute approximate surface area is 115 Å². The molecule has 1 atom stereocenters. The van der Waals surface area contributed by atoms with E-state index < -0.39 is 0 Å². The highest BCUT2D eigenvalue weighted by Gasteiger charge is 2.20. The first-order valence-corrected chi connectivity index (χ1v) is 7.08. The molecule has 2 heterocycles. The molecule has 4 heteroatoms. The number of hydrogen-bond donors (Lipinski definition) is 0. The molecule has 0 N–H and O–H groups in total. The minimum Gasteiger partial charge on any atom is -0.385 e. The maximum absolute atomic E-state index is 5.74. The molecule has 1 aliphatic heterocycles. The number of methoxy groups -OCH3 is 1. The number of aromatic nitrogens is 1. The summed E-state index contributed by atoms with van der Waals surface area (Å²) in [4.78, 5) is 6.94. The average Bonchev–Trinajstić information content (AvgIpc) is 2.46. The van der Waals surface area contributed by atoms with Crippen LogP contribution in [-0.2, 0) is 22.4 Å². The highest BCUT2D eigenvalue weighted by Crippen LogP contribution is 2.12. The third kappa shape index (κ3) is 4.56. The summed E-state index contributed by atoms with van der Waals surface area (Å²) in [7, 11) is 1.74. The predicted octanol–water partition coefficient (Wildman–Crippen LogP) is 1.88. The van der Waals surface area contributed by atoms with Gasteiger partial charge in [0.15, 0.2) is 0 Å². The van der Waals surface area contributed by atoms with Gasteiger partial charge in [-0.3, -0.25) is 9.88 Å². The topological polar surface area (TPSA) is 34.6 Å². The predicted molar refractivity (Wildman–Crippen MR) is 75.1 cm³/mol. The molecule has 1 aromatic heterocycles. The smallest absolute Gasteiger partial charge is 0.0724 e. The van der Waals surface area contributed by atoms with Gasteiger partial charge in [0.1, 0.15) is 0 Å². The fraction of sp³-hybridized carbons (Fsp3) is 0.667. The van der Waals surface area contributed by atoms with E-state index in [0.29, 0.717) is 6.10 Å². The fourth-order valence-electron chi connectivity index (χ4n) is 2.33. The van der Waals surface area contributed by atoms with E-state index in [2.05, 4.69) is 28.9 Å². The Balaban J connectivity index is 1.83. The Morgan fingerprint density at radius 1 is 1.47 bits per heavy atom. The quantitative estimate of drug-likeness (QED) is 0.786. The highest BCUT2D eigenvalue weighted by atomic mass is 16.5. The summed E-state index contributed by atoms with van der Waals surface area (Å²) < 4.78 is 10.9. The molecule has 0 bridgehead atoms. The molecule has 2 rings (SSSR count). The van der Waals surface area contributed by atoms with Gasteiger partial charge in [-0.25, -0.2) is 0 Å². The summed E-state index contributed by atoms with van der Waals surface area (Å²) in [5.41, 5.74) is 2.44. The zero-order chi connectivity index (χ0) is 13.5. The lowest BCUT2D eigenvalue weighted by Crippen LogP contribution is -2.42. The number of rotatable bonds is 6. The van der Waals surface area contributed by atoms with Gasteiger partial charge in [-0.2, -0.15) is 0 Å². The number of ether oxygens (including phenoxy) is 2. The van der Waals surface area contributed by atoms with Crippen molar-refractivity contribution in [3.8, 4) is 0 Å². The van der Waals surface area contributed by atoms with Crippen LogP contribution in [0.15, 0.2) is 18.3 Å². The second kappa shape index (κ2) is 7.58. The van der Waals surface area contributed by atoms with Crippen LogP contribution in [-0.4, -0.2) is 49.4 Å². The van der Waals surface area contributed by atoms with E-state index in [0.717, 1.165) is 51.4 Å². The van der Waals surface area contributed by atoms with Gasteiger partial charge in [0.25, 0.3) is 0 Å². The number of pyridine rings is 1. The Kier molecular flexibility index (Phi) is 5.76. The van der Waals surface area contributed by atoms with Gasteiger partial charge in [0.2, 0.25) is 0 Å². The van der Waals surface area contributed by atoms with Crippen molar-refractivity contribution in [3.05, 3.63) is 29.6 Å². The standard InChI is InChI=1S/C15H24N2O2/c1-3-13-4-5-14(16-10-13)11-17-7-9-19-15(12-17)6-8-18-2/h4-5,10,15H,3,6-9,11-12H2,1-2H3/t15-/m1/s1. The van der Waals surface area contributed by atoms with Crippen molar-refractivity contribution >= 4 is 0 Å². The molecule has 106 valence electrons. The zero-order valence-electron chi connectivity index (χ0n) is 12.0. The summed E-state index contributed by atoms with van der Waals surface area (Å²) in [5, 5.41) is 0. The van der Waals surface area contributed by atoms with Crippen molar-refractivity contribution in [2.45, 2.75) is 32.4 Å². The molecule has 0 amide bonds. The van der Waals surface area contributed by atoms with Crippen LogP contribution in [0.1, 0.15) is 24.6 Å². The van der Waals surface area contributed by atoms with Gasteiger partial charge in [0, 0.05) is 39.5 Å². The molecule has 0 radical (unpaired) electrons. The molecule has 1 fully saturated rings. The first kappa shape index (κ1) is 14.4. The number of morpholine rings is 1. The van der Waals surface area contributed by atoms with Crippen LogP contribution in [0.4, 0.5) is 0 Å². The van der Waals surface area contributed by atoms with Gasteiger partial charge < -0.3 is 9.47 Å². The Morgan fingerprint density at radius 2 is 2.37 bits per heavy atom. The monoisotopic (exact) mass is 264 g/mol. The van der Waals surface area contributed by atoms with Gasteiger partial charge in [-0.15, -0.1) is 0 Å². The summed E-state index contributed by atoms with van der Waals surface area (Å²) in [6.07, 6.45) is 4.29. The van der Waals surface area contributed by atoms with Crippen molar-refractivity contribution < 1.29 is 9.47 Å². The Bertz CT molecular complexity index is 367. The van der Waals surface area contributed by atoms with Crippen LogP contribution in [0.25, 0.3) is 0 Å². The van der Waals surface area contributed by atoms with E-state index in [9.17, 15) is 0 Å². The maximum atomic E-state index is 5.74. The number of aryl methyl sites for hydroxylation is 1. The van der Waals surface area contributed by atoms with Crippen molar-refractivity contribution in [3.63, 3.8) is 0 Å². The minimum atomic E-state index is 0.295. The molecule has 0 spiro atoms. The van der Waals surface area contributed by atoms with E-state index in [1.54, 1.807) is 7.11 Å². The molecule has 0 aromatic carbocycles. The normalized spacial score (nSPS) is 20.6. The summed E-state index contributed by atoms with van der Waals surface area (Å²) in [6, 6.07) is 4.31. The molecule has 0 unspecified atom stereocenters. The first-order chi connectivity index (χ1) is 9.31. The summed E-state index contributed by atoms with van der Waals surface area (Å²) in [5.74, 6) is 0. The molecule has 0 aliphatic carbocycles. The van der Waals surface area contributed by atoms with E-state index in [1.807, 2.05) is 6.20 Å². The largest absolute Gasteiger partial charge is 0.385 e. The summed E-state index contributed by atoms with van der Waals surface area (Å²) >= 11 is 0. The summed E-state index contributed by atoms with van der Waals surface area (Å²) in [6.45, 7) is 6.60. The SMILES string of the molecule is CCc1ccc(CN2CCO[C@H](CCOC)C2)nc1. The van der Waals surface area contributed by atoms with Crippen molar-refractivity contribution in [2.75, 3.05) is 33.4 Å². The molecular weight excluding hydrogens is 240 g/mol. The lowest BCUT2D eigenvalue weighted by molar-refractivity contribution is -0.0435. The Hall–Kier alpha value is -0.970. The van der Waals surface area contributed by atoms with Gasteiger partial charge in [-0.1, -0.05) is 13.0 Å². The van der Waals surface area contributed by atoms with E-state index >= 15 is 0 Å². The number of hydrogen-bond acceptors (Lipinski definition) is 4. The molecule has 1 aromatic rings. The van der Waals surface area contributed by atoms with Crippen LogP contribution in [0.3, 0.4) is 0 Å². The lowest BCUT2D eigenvalue weighted by Gasteiger charge is -2.32. The third-order valence-electron chi connectivity index (χ3n) is 3.55. The van der Waals surface area contributed by atoms with E-state index in [1.165, 1.54) is 5.56 Å². The minimum absolute atomic E-state index is 0.295. The third-order valence-corrected chi connectivity index (χ3v) is 3.55. The van der Waals surface area contributed by atoms with Crippen LogP contribution >= 0.6 is 0 Å². The lowest BCUT2D eigenvalue weighted by atomic mass is 10.2. The zero-order valence-corrected chi connectivity index (χ0v) is 12.0. The van der Waals surface area contributed by atoms with Gasteiger partial charge >= 0.3 is 0 Å². The van der Waals surface area contributed by atoms with Gasteiger partial charge in [-0.05, 0) is 24.5 Å². The fourth-order valence-corrected chi connectivity index (χ4v) is 2.33. The average molecular weight is 264 g/mol. The molecule has 0 saturated carbocycles. The van der Waals surface area contributed by atoms with E-state index in [4.69, 9.17) is 9.47 Å². The first-order valence-electron chi connectivity index (χ1n) is 7.08. The Morgan fingerprint density at radius 3 is 3.05 bits per heavy atom. The van der Waals surface area contributed by atoms with Crippen molar-refractivity contribution in [1.29, 1.82) is 0 Å². The molecule has 19 heavy (non-hydrogen) atoms. The van der Waals surface area contributed by atoms with Crippen LogP contribution in [0.5, 0.6) is 0 Å². The maximum Gasteiger partial charge on any atom is 0.0724 e. The molecule has 1 aliphatic rings.